The average Bonchev–Trinajstić information content (AvgIpc) is 2.46. The van der Waals surface area contributed by atoms with Gasteiger partial charge >= 0.3 is 0 Å². The van der Waals surface area contributed by atoms with E-state index >= 15 is 0 Å². The van der Waals surface area contributed by atoms with Crippen LogP contribution in [0, 0.1) is 13.8 Å². The molecule has 0 heterocycles. The number of hydrogen-bond donors (Lipinski definition) is 0. The van der Waals surface area contributed by atoms with Crippen molar-refractivity contribution in [1.82, 2.24) is 0 Å². The van der Waals surface area contributed by atoms with Gasteiger partial charge in [-0.3, -0.25) is 0 Å². The Labute approximate surface area is 123 Å². The van der Waals surface area contributed by atoms with E-state index in [1.165, 1.54) is 27.8 Å². The fourth-order valence-corrected chi connectivity index (χ4v) is 2.28. The summed E-state index contributed by atoms with van der Waals surface area (Å²) in [4.78, 5) is 0. The molecular weight excluding hydrogens is 240 g/mol. The Hall–Kier alpha value is -1.82. The zero-order valence-corrected chi connectivity index (χ0v) is 12.7. The molecule has 20 heavy (non-hydrogen) atoms. The molecule has 0 spiro atoms. The third kappa shape index (κ3) is 4.70. The first-order chi connectivity index (χ1) is 9.63. The van der Waals surface area contributed by atoms with Gasteiger partial charge in [0, 0.05) is 0 Å². The number of allylic oxidation sites excluding steroid dienone is 1. The van der Waals surface area contributed by atoms with E-state index < -0.39 is 0 Å². The lowest BCUT2D eigenvalue weighted by Crippen LogP contribution is -1.92. The second-order valence-corrected chi connectivity index (χ2v) is 5.72. The molecule has 0 unspecified atom stereocenters. The minimum absolute atomic E-state index is 1.09. The summed E-state index contributed by atoms with van der Waals surface area (Å²) in [6, 6.07) is 17.6. The Balaban J connectivity index is 1.75. The molecule has 0 atom stereocenters. The summed E-state index contributed by atoms with van der Waals surface area (Å²) in [6.45, 7) is 8.48. The van der Waals surface area contributed by atoms with Gasteiger partial charge in [-0.15, -0.1) is 0 Å². The number of hydrogen-bond acceptors (Lipinski definition) is 0. The van der Waals surface area contributed by atoms with E-state index in [9.17, 15) is 0 Å². The summed E-state index contributed by atoms with van der Waals surface area (Å²) in [5.41, 5.74) is 6.82. The molecular formula is C20H24. The van der Waals surface area contributed by atoms with Gasteiger partial charge in [-0.1, -0.05) is 71.8 Å². The first kappa shape index (κ1) is 14.6. The molecule has 0 N–H and O–H groups in total. The smallest absolute Gasteiger partial charge is 0.0242 e. The van der Waals surface area contributed by atoms with E-state index in [2.05, 4.69) is 69.0 Å². The molecule has 0 amide bonds. The monoisotopic (exact) mass is 264 g/mol. The molecule has 0 fully saturated rings. The number of benzene rings is 2. The molecule has 0 bridgehead atoms. The van der Waals surface area contributed by atoms with E-state index in [0.717, 1.165) is 25.7 Å². The van der Waals surface area contributed by atoms with Crippen LogP contribution >= 0.6 is 0 Å². The zero-order valence-electron chi connectivity index (χ0n) is 12.7. The molecule has 0 aliphatic rings. The minimum Gasteiger partial charge on any atom is -0.0998 e. The molecule has 0 aromatic heterocycles. The highest BCUT2D eigenvalue weighted by molar-refractivity contribution is 5.23. The maximum Gasteiger partial charge on any atom is -0.0242 e. The lowest BCUT2D eigenvalue weighted by Gasteiger charge is -2.07. The lowest BCUT2D eigenvalue weighted by atomic mass is 9.99. The second kappa shape index (κ2) is 7.09. The van der Waals surface area contributed by atoms with Crippen LogP contribution in [0.15, 0.2) is 60.7 Å². The van der Waals surface area contributed by atoms with Gasteiger partial charge in [0.05, 0.1) is 0 Å². The summed E-state index contributed by atoms with van der Waals surface area (Å²) in [5.74, 6) is 0. The number of rotatable bonds is 6. The van der Waals surface area contributed by atoms with Gasteiger partial charge in [0.1, 0.15) is 0 Å². The topological polar surface area (TPSA) is 0 Å². The van der Waals surface area contributed by atoms with Crippen molar-refractivity contribution in [3.63, 3.8) is 0 Å². The summed E-state index contributed by atoms with van der Waals surface area (Å²) in [6.07, 6.45) is 4.39. The third-order valence-electron chi connectivity index (χ3n) is 3.78. The maximum absolute atomic E-state index is 4.22. The minimum atomic E-state index is 1.09. The highest BCUT2D eigenvalue weighted by Gasteiger charge is 1.99. The van der Waals surface area contributed by atoms with Crippen LogP contribution in [-0.2, 0) is 12.8 Å². The van der Waals surface area contributed by atoms with Gasteiger partial charge in [-0.25, -0.2) is 0 Å². The summed E-state index contributed by atoms with van der Waals surface area (Å²) in [7, 11) is 0. The van der Waals surface area contributed by atoms with Gasteiger partial charge in [-0.05, 0) is 50.7 Å². The van der Waals surface area contributed by atoms with E-state index in [1.807, 2.05) is 0 Å². The Bertz CT molecular complexity index is 492. The largest absolute Gasteiger partial charge is 0.0998 e. The summed E-state index contributed by atoms with van der Waals surface area (Å²) < 4.78 is 0. The van der Waals surface area contributed by atoms with Gasteiger partial charge in [0.15, 0.2) is 0 Å². The lowest BCUT2D eigenvalue weighted by molar-refractivity contribution is 0.839. The van der Waals surface area contributed by atoms with Crippen LogP contribution in [0.2, 0.25) is 0 Å². The molecule has 0 saturated carbocycles. The Morgan fingerprint density at radius 2 is 1.05 bits per heavy atom. The standard InChI is InChI=1S/C20H24/c1-16-4-10-19(11-5-16)14-8-18(3)9-15-20-12-6-17(2)7-13-20/h4-7,10-13H,3,8-9,14-15H2,1-2H3. The van der Waals surface area contributed by atoms with E-state index in [4.69, 9.17) is 0 Å². The van der Waals surface area contributed by atoms with Crippen LogP contribution in [-0.4, -0.2) is 0 Å². The zero-order chi connectivity index (χ0) is 14.4. The predicted molar refractivity (Wildman–Crippen MR) is 88.1 cm³/mol. The van der Waals surface area contributed by atoms with E-state index in [1.54, 1.807) is 0 Å². The second-order valence-electron chi connectivity index (χ2n) is 5.72. The van der Waals surface area contributed by atoms with Crippen molar-refractivity contribution in [2.24, 2.45) is 0 Å². The van der Waals surface area contributed by atoms with Crippen molar-refractivity contribution in [2.75, 3.05) is 0 Å². The van der Waals surface area contributed by atoms with Crippen LogP contribution in [0.4, 0.5) is 0 Å². The maximum atomic E-state index is 4.22. The summed E-state index contributed by atoms with van der Waals surface area (Å²) >= 11 is 0. The molecule has 0 nitrogen and oxygen atoms in total. The molecule has 2 aromatic carbocycles. The molecule has 104 valence electrons. The number of aryl methyl sites for hydroxylation is 4. The van der Waals surface area contributed by atoms with Crippen LogP contribution in [0.1, 0.15) is 35.1 Å². The van der Waals surface area contributed by atoms with Crippen molar-refractivity contribution in [3.8, 4) is 0 Å². The van der Waals surface area contributed by atoms with Crippen LogP contribution < -0.4 is 0 Å². The average molecular weight is 264 g/mol. The highest BCUT2D eigenvalue weighted by Crippen LogP contribution is 2.15. The fraction of sp³-hybridized carbons (Fsp3) is 0.300. The van der Waals surface area contributed by atoms with Crippen molar-refractivity contribution >= 4 is 0 Å². The third-order valence-corrected chi connectivity index (χ3v) is 3.78. The first-order valence-corrected chi connectivity index (χ1v) is 7.41. The van der Waals surface area contributed by atoms with Crippen molar-refractivity contribution in [3.05, 3.63) is 82.9 Å². The molecule has 2 rings (SSSR count). The molecule has 0 aliphatic carbocycles. The Kier molecular flexibility index (Phi) is 5.17. The summed E-state index contributed by atoms with van der Waals surface area (Å²) in [5, 5.41) is 0. The molecule has 2 aromatic rings. The first-order valence-electron chi connectivity index (χ1n) is 7.41. The van der Waals surface area contributed by atoms with Crippen molar-refractivity contribution in [2.45, 2.75) is 39.5 Å². The van der Waals surface area contributed by atoms with Crippen LogP contribution in [0.5, 0.6) is 0 Å². The van der Waals surface area contributed by atoms with E-state index in [0.29, 0.717) is 0 Å². The van der Waals surface area contributed by atoms with Gasteiger partial charge in [-0.2, -0.15) is 0 Å². The van der Waals surface area contributed by atoms with Gasteiger partial charge < -0.3 is 0 Å². The van der Waals surface area contributed by atoms with Crippen LogP contribution in [0.3, 0.4) is 0 Å². The quantitative estimate of drug-likeness (QED) is 0.611. The van der Waals surface area contributed by atoms with Crippen molar-refractivity contribution in [1.29, 1.82) is 0 Å². The highest BCUT2D eigenvalue weighted by atomic mass is 14.0. The molecule has 0 saturated heterocycles. The van der Waals surface area contributed by atoms with E-state index in [-0.39, 0.29) is 0 Å². The predicted octanol–water partition coefficient (Wildman–Crippen LogP) is 5.43. The Morgan fingerprint density at radius 1 is 0.700 bits per heavy atom. The normalized spacial score (nSPS) is 10.5. The molecule has 0 aliphatic heterocycles. The SMILES string of the molecule is C=C(CCc1ccc(C)cc1)CCc1ccc(C)cc1. The fourth-order valence-electron chi connectivity index (χ4n) is 2.28. The van der Waals surface area contributed by atoms with Gasteiger partial charge in [0.25, 0.3) is 0 Å². The Morgan fingerprint density at radius 3 is 1.40 bits per heavy atom. The van der Waals surface area contributed by atoms with Crippen molar-refractivity contribution < 1.29 is 0 Å². The van der Waals surface area contributed by atoms with Crippen LogP contribution in [0.25, 0.3) is 0 Å². The molecule has 0 heteroatoms. The molecule has 0 radical (unpaired) electrons. The van der Waals surface area contributed by atoms with Gasteiger partial charge in [0.2, 0.25) is 0 Å².